The van der Waals surface area contributed by atoms with E-state index in [1.165, 1.54) is 12.1 Å². The standard InChI is InChI=1S/C16H23ClFNO/c1-15(2)9-12(16(3,4)20-15)14(19)7-10-5-6-11(18)8-13(10)17/h5-6,8,12,14H,7,9,19H2,1-4H3. The van der Waals surface area contributed by atoms with Crippen LogP contribution in [0.5, 0.6) is 0 Å². The third-order valence-corrected chi connectivity index (χ3v) is 4.48. The van der Waals surface area contributed by atoms with Gasteiger partial charge in [-0.1, -0.05) is 17.7 Å². The van der Waals surface area contributed by atoms with Gasteiger partial charge in [-0.25, -0.2) is 4.39 Å². The fraction of sp³-hybridized carbons (Fsp3) is 0.625. The van der Waals surface area contributed by atoms with Crippen molar-refractivity contribution in [3.63, 3.8) is 0 Å². The molecular formula is C16H23ClFNO. The van der Waals surface area contributed by atoms with Crippen molar-refractivity contribution in [1.29, 1.82) is 0 Å². The molecule has 1 aromatic rings. The monoisotopic (exact) mass is 299 g/mol. The van der Waals surface area contributed by atoms with Crippen molar-refractivity contribution in [2.45, 2.75) is 57.8 Å². The Kier molecular flexibility index (Phi) is 4.16. The van der Waals surface area contributed by atoms with Gasteiger partial charge in [-0.3, -0.25) is 0 Å². The van der Waals surface area contributed by atoms with Gasteiger partial charge in [-0.15, -0.1) is 0 Å². The Labute approximate surface area is 125 Å². The van der Waals surface area contributed by atoms with Gasteiger partial charge in [0.2, 0.25) is 0 Å². The second-order valence-electron chi connectivity index (χ2n) is 6.88. The summed E-state index contributed by atoms with van der Waals surface area (Å²) >= 11 is 6.08. The van der Waals surface area contributed by atoms with Gasteiger partial charge >= 0.3 is 0 Å². The Bertz CT molecular complexity index is 501. The highest BCUT2D eigenvalue weighted by Crippen LogP contribution is 2.43. The molecular weight excluding hydrogens is 277 g/mol. The minimum Gasteiger partial charge on any atom is -0.369 e. The van der Waals surface area contributed by atoms with Gasteiger partial charge in [0, 0.05) is 17.0 Å². The number of benzene rings is 1. The average Bonchev–Trinajstić information content (AvgIpc) is 2.50. The summed E-state index contributed by atoms with van der Waals surface area (Å²) in [6, 6.07) is 4.42. The fourth-order valence-corrected chi connectivity index (χ4v) is 3.60. The molecule has 0 spiro atoms. The number of hydrogen-bond donors (Lipinski definition) is 1. The van der Waals surface area contributed by atoms with Crippen LogP contribution in [0.1, 0.15) is 39.7 Å². The van der Waals surface area contributed by atoms with Crippen molar-refractivity contribution in [3.8, 4) is 0 Å². The predicted molar refractivity (Wildman–Crippen MR) is 80.4 cm³/mol. The van der Waals surface area contributed by atoms with Gasteiger partial charge in [0.15, 0.2) is 0 Å². The number of nitrogens with two attached hydrogens (primary N) is 1. The molecule has 112 valence electrons. The third-order valence-electron chi connectivity index (χ3n) is 4.13. The van der Waals surface area contributed by atoms with Gasteiger partial charge < -0.3 is 10.5 Å². The largest absolute Gasteiger partial charge is 0.369 e. The highest BCUT2D eigenvalue weighted by molar-refractivity contribution is 6.31. The molecule has 0 aromatic heterocycles. The van der Waals surface area contributed by atoms with Crippen LogP contribution in [0, 0.1) is 11.7 Å². The second-order valence-corrected chi connectivity index (χ2v) is 7.29. The summed E-state index contributed by atoms with van der Waals surface area (Å²) < 4.78 is 19.2. The number of hydrogen-bond acceptors (Lipinski definition) is 2. The molecule has 0 bridgehead atoms. The Morgan fingerprint density at radius 2 is 2.05 bits per heavy atom. The predicted octanol–water partition coefficient (Wildman–Crippen LogP) is 3.94. The first kappa shape index (κ1) is 15.7. The zero-order valence-corrected chi connectivity index (χ0v) is 13.3. The number of halogens is 2. The first-order valence-electron chi connectivity index (χ1n) is 7.00. The van der Waals surface area contributed by atoms with Crippen molar-refractivity contribution in [2.75, 3.05) is 0 Å². The van der Waals surface area contributed by atoms with E-state index in [0.29, 0.717) is 11.4 Å². The number of ether oxygens (including phenoxy) is 1. The highest BCUT2D eigenvalue weighted by Gasteiger charge is 2.48. The lowest BCUT2D eigenvalue weighted by atomic mass is 9.80. The molecule has 2 atom stereocenters. The van der Waals surface area contributed by atoms with Crippen LogP contribution in [0.15, 0.2) is 18.2 Å². The maximum Gasteiger partial charge on any atom is 0.124 e. The van der Waals surface area contributed by atoms with E-state index in [-0.39, 0.29) is 29.0 Å². The smallest absolute Gasteiger partial charge is 0.124 e. The lowest BCUT2D eigenvalue weighted by Gasteiger charge is -2.31. The van der Waals surface area contributed by atoms with Gasteiger partial charge in [0.05, 0.1) is 11.2 Å². The van der Waals surface area contributed by atoms with Crippen molar-refractivity contribution in [3.05, 3.63) is 34.6 Å². The van der Waals surface area contributed by atoms with Crippen LogP contribution in [-0.2, 0) is 11.2 Å². The Morgan fingerprint density at radius 3 is 2.55 bits per heavy atom. The zero-order valence-electron chi connectivity index (χ0n) is 12.5. The molecule has 1 fully saturated rings. The van der Waals surface area contributed by atoms with Gasteiger partial charge in [-0.05, 0) is 58.2 Å². The molecule has 1 aromatic carbocycles. The molecule has 2 unspecified atom stereocenters. The molecule has 1 aliphatic rings. The molecule has 0 radical (unpaired) electrons. The van der Waals surface area contributed by atoms with E-state index < -0.39 is 0 Å². The molecule has 2 N–H and O–H groups in total. The van der Waals surface area contributed by atoms with Crippen molar-refractivity contribution in [1.82, 2.24) is 0 Å². The van der Waals surface area contributed by atoms with E-state index in [1.807, 2.05) is 0 Å². The van der Waals surface area contributed by atoms with E-state index in [0.717, 1.165) is 12.0 Å². The summed E-state index contributed by atoms with van der Waals surface area (Å²) in [6.07, 6.45) is 1.55. The minimum atomic E-state index is -0.321. The molecule has 0 amide bonds. The molecule has 20 heavy (non-hydrogen) atoms. The van der Waals surface area contributed by atoms with Crippen molar-refractivity contribution in [2.24, 2.45) is 11.7 Å². The van der Waals surface area contributed by atoms with Crippen LogP contribution in [0.25, 0.3) is 0 Å². The maximum absolute atomic E-state index is 13.1. The molecule has 1 aliphatic heterocycles. The fourth-order valence-electron chi connectivity index (χ4n) is 3.36. The van der Waals surface area contributed by atoms with Gasteiger partial charge in [0.25, 0.3) is 0 Å². The average molecular weight is 300 g/mol. The summed E-state index contributed by atoms with van der Waals surface area (Å²) in [5.41, 5.74) is 6.86. The van der Waals surface area contributed by atoms with Crippen LogP contribution in [-0.4, -0.2) is 17.2 Å². The van der Waals surface area contributed by atoms with Gasteiger partial charge in [0.1, 0.15) is 5.82 Å². The van der Waals surface area contributed by atoms with Crippen LogP contribution >= 0.6 is 11.6 Å². The van der Waals surface area contributed by atoms with Crippen LogP contribution < -0.4 is 5.73 Å². The van der Waals surface area contributed by atoms with Crippen molar-refractivity contribution >= 4 is 11.6 Å². The Hall–Kier alpha value is -0.640. The maximum atomic E-state index is 13.1. The van der Waals surface area contributed by atoms with E-state index in [2.05, 4.69) is 27.7 Å². The molecule has 4 heteroatoms. The summed E-state index contributed by atoms with van der Waals surface area (Å²) in [4.78, 5) is 0. The number of rotatable bonds is 3. The minimum absolute atomic E-state index is 0.0604. The lowest BCUT2D eigenvalue weighted by Crippen LogP contribution is -2.42. The topological polar surface area (TPSA) is 35.2 Å². The van der Waals surface area contributed by atoms with E-state index in [4.69, 9.17) is 22.1 Å². The zero-order chi connectivity index (χ0) is 15.1. The normalized spacial score (nSPS) is 25.6. The first-order valence-corrected chi connectivity index (χ1v) is 7.38. The third kappa shape index (κ3) is 3.33. The van der Waals surface area contributed by atoms with Crippen molar-refractivity contribution < 1.29 is 9.13 Å². The van der Waals surface area contributed by atoms with E-state index in [1.54, 1.807) is 6.07 Å². The van der Waals surface area contributed by atoms with E-state index in [9.17, 15) is 4.39 Å². The van der Waals surface area contributed by atoms with Crippen LogP contribution in [0.2, 0.25) is 5.02 Å². The lowest BCUT2D eigenvalue weighted by molar-refractivity contribution is -0.0765. The molecule has 1 saturated heterocycles. The summed E-state index contributed by atoms with van der Waals surface area (Å²) in [5.74, 6) is -0.0726. The Morgan fingerprint density at radius 1 is 1.40 bits per heavy atom. The summed E-state index contributed by atoms with van der Waals surface area (Å²) in [6.45, 7) is 8.34. The molecule has 0 saturated carbocycles. The molecule has 0 aliphatic carbocycles. The summed E-state index contributed by atoms with van der Waals surface area (Å²) in [7, 11) is 0. The van der Waals surface area contributed by atoms with Crippen LogP contribution in [0.3, 0.4) is 0 Å². The quantitative estimate of drug-likeness (QED) is 0.917. The Balaban J connectivity index is 2.14. The molecule has 1 heterocycles. The SMILES string of the molecule is CC1(C)CC(C(N)Cc2ccc(F)cc2Cl)C(C)(C)O1. The van der Waals surface area contributed by atoms with Crippen LogP contribution in [0.4, 0.5) is 4.39 Å². The molecule has 2 nitrogen and oxygen atoms in total. The second kappa shape index (κ2) is 5.28. The first-order chi connectivity index (χ1) is 9.11. The van der Waals surface area contributed by atoms with E-state index >= 15 is 0 Å². The molecule has 2 rings (SSSR count). The van der Waals surface area contributed by atoms with Gasteiger partial charge in [-0.2, -0.15) is 0 Å². The highest BCUT2D eigenvalue weighted by atomic mass is 35.5. The summed E-state index contributed by atoms with van der Waals surface area (Å²) in [5, 5.41) is 0.441.